The summed E-state index contributed by atoms with van der Waals surface area (Å²) in [5.74, 6) is 0. The van der Waals surface area contributed by atoms with Gasteiger partial charge in [-0.3, -0.25) is 0 Å². The van der Waals surface area contributed by atoms with E-state index in [0.29, 0.717) is 13.2 Å². The van der Waals surface area contributed by atoms with Crippen molar-refractivity contribution >= 4 is 0 Å². The van der Waals surface area contributed by atoms with Gasteiger partial charge in [-0.2, -0.15) is 0 Å². The molecular formula is C25H44O7. The summed E-state index contributed by atoms with van der Waals surface area (Å²) in [4.78, 5) is 0. The molecule has 2 atom stereocenters. The lowest BCUT2D eigenvalue weighted by Gasteiger charge is -2.63. The van der Waals surface area contributed by atoms with Gasteiger partial charge in [0.15, 0.2) is 0 Å². The molecule has 7 nitrogen and oxygen atoms in total. The zero-order valence-electron chi connectivity index (χ0n) is 21.2. The lowest BCUT2D eigenvalue weighted by Crippen LogP contribution is -2.70. The molecule has 0 aromatic heterocycles. The highest BCUT2D eigenvalue weighted by atomic mass is 16.6. The normalized spacial score (nSPS) is 40.8. The van der Waals surface area contributed by atoms with Crippen LogP contribution in [0.5, 0.6) is 0 Å². The van der Waals surface area contributed by atoms with Gasteiger partial charge in [0.2, 0.25) is 0 Å². The van der Waals surface area contributed by atoms with E-state index in [2.05, 4.69) is 55.4 Å². The van der Waals surface area contributed by atoms with Crippen LogP contribution in [0.4, 0.5) is 0 Å². The van der Waals surface area contributed by atoms with Gasteiger partial charge < -0.3 is 33.5 Å². The van der Waals surface area contributed by atoms with Crippen molar-refractivity contribution < 1.29 is 33.5 Å². The van der Waals surface area contributed by atoms with E-state index < -0.39 is 6.10 Å². The van der Waals surface area contributed by atoms with Crippen molar-refractivity contribution in [2.75, 3.05) is 39.6 Å². The Morgan fingerprint density at radius 3 is 1.19 bits per heavy atom. The van der Waals surface area contributed by atoms with Crippen LogP contribution in [0.15, 0.2) is 0 Å². The molecule has 4 fully saturated rings. The third-order valence-corrected chi connectivity index (χ3v) is 8.02. The highest BCUT2D eigenvalue weighted by Gasteiger charge is 2.65. The monoisotopic (exact) mass is 456 g/mol. The number of hydrogen-bond acceptors (Lipinski definition) is 7. The van der Waals surface area contributed by atoms with E-state index in [-0.39, 0.29) is 71.5 Å². The molecule has 32 heavy (non-hydrogen) atoms. The summed E-state index contributed by atoms with van der Waals surface area (Å²) in [7, 11) is 0. The lowest BCUT2D eigenvalue weighted by atomic mass is 9.51. The first-order valence-electron chi connectivity index (χ1n) is 12.2. The topological polar surface area (TPSA) is 82.2 Å². The van der Waals surface area contributed by atoms with Crippen LogP contribution in [-0.2, 0) is 28.4 Å². The SMILES string of the molecule is CC1(C)C(OCC(O)COC2C(C)(C)C(OCC3CO3)C2(C)C)C(C)(C)C1OCC1CO1. The first kappa shape index (κ1) is 24.8. The third kappa shape index (κ3) is 4.51. The van der Waals surface area contributed by atoms with E-state index in [0.717, 1.165) is 13.2 Å². The third-order valence-electron chi connectivity index (χ3n) is 8.02. The highest BCUT2D eigenvalue weighted by molar-refractivity contribution is 5.13. The van der Waals surface area contributed by atoms with Crippen LogP contribution in [0.25, 0.3) is 0 Å². The van der Waals surface area contributed by atoms with Crippen molar-refractivity contribution in [2.24, 2.45) is 21.7 Å². The molecule has 4 rings (SSSR count). The predicted octanol–water partition coefficient (Wildman–Crippen LogP) is 2.82. The van der Waals surface area contributed by atoms with Crippen molar-refractivity contribution in [2.45, 2.75) is 98.1 Å². The van der Waals surface area contributed by atoms with Crippen molar-refractivity contribution in [1.29, 1.82) is 0 Å². The zero-order valence-corrected chi connectivity index (χ0v) is 21.2. The maximum absolute atomic E-state index is 10.6. The Morgan fingerprint density at radius 2 is 0.906 bits per heavy atom. The van der Waals surface area contributed by atoms with Gasteiger partial charge in [-0.15, -0.1) is 0 Å². The Hall–Kier alpha value is -0.280. The van der Waals surface area contributed by atoms with Crippen LogP contribution < -0.4 is 0 Å². The van der Waals surface area contributed by atoms with E-state index in [1.807, 2.05) is 0 Å². The van der Waals surface area contributed by atoms with Gasteiger partial charge in [-0.25, -0.2) is 0 Å². The molecule has 0 radical (unpaired) electrons. The molecule has 2 aliphatic carbocycles. The van der Waals surface area contributed by atoms with Gasteiger partial charge in [0.25, 0.3) is 0 Å². The fourth-order valence-electron chi connectivity index (χ4n) is 7.11. The second-order valence-corrected chi connectivity index (χ2v) is 12.7. The Labute approximate surface area is 193 Å². The Bertz CT molecular complexity index is 577. The summed E-state index contributed by atoms with van der Waals surface area (Å²) in [6, 6.07) is 0. The summed E-state index contributed by atoms with van der Waals surface area (Å²) in [6.45, 7) is 20.8. The van der Waals surface area contributed by atoms with Gasteiger partial charge >= 0.3 is 0 Å². The van der Waals surface area contributed by atoms with E-state index in [9.17, 15) is 5.11 Å². The molecule has 2 aliphatic heterocycles. The summed E-state index contributed by atoms with van der Waals surface area (Å²) in [6.07, 6.45) is 0.0647. The van der Waals surface area contributed by atoms with Gasteiger partial charge in [0.1, 0.15) is 18.3 Å². The lowest BCUT2D eigenvalue weighted by molar-refractivity contribution is -0.298. The van der Waals surface area contributed by atoms with Crippen LogP contribution in [0.2, 0.25) is 0 Å². The fraction of sp³-hybridized carbons (Fsp3) is 1.00. The second-order valence-electron chi connectivity index (χ2n) is 12.7. The van der Waals surface area contributed by atoms with Crippen molar-refractivity contribution in [3.05, 3.63) is 0 Å². The number of epoxide rings is 2. The van der Waals surface area contributed by atoms with Gasteiger partial charge in [-0.05, 0) is 0 Å². The van der Waals surface area contributed by atoms with Crippen LogP contribution in [0.3, 0.4) is 0 Å². The molecule has 0 amide bonds. The molecule has 0 bridgehead atoms. The molecule has 0 aromatic carbocycles. The summed E-state index contributed by atoms with van der Waals surface area (Å²) in [5, 5.41) is 10.6. The zero-order chi connectivity index (χ0) is 23.5. The van der Waals surface area contributed by atoms with E-state index in [1.165, 1.54) is 0 Å². The predicted molar refractivity (Wildman–Crippen MR) is 120 cm³/mol. The molecule has 1 N–H and O–H groups in total. The standard InChI is InChI=1S/C25H44O7/c1-22(2)18(23(3,4)20(22)31-13-16-11-27-16)29-9-15(26)10-30-19-24(5,6)21(25(19,7)8)32-14-17-12-28-17/h15-21,26H,9-14H2,1-8H3. The van der Waals surface area contributed by atoms with Crippen LogP contribution in [-0.4, -0.2) is 87.5 Å². The Morgan fingerprint density at radius 1 is 0.625 bits per heavy atom. The molecule has 2 saturated carbocycles. The minimum absolute atomic E-state index is 0.00813. The molecule has 4 aliphatic rings. The second kappa shape index (κ2) is 8.43. The summed E-state index contributed by atoms with van der Waals surface area (Å²) >= 11 is 0. The first-order chi connectivity index (χ1) is 14.8. The van der Waals surface area contributed by atoms with E-state index >= 15 is 0 Å². The average Bonchev–Trinajstić information content (AvgIpc) is 3.55. The number of ether oxygens (including phenoxy) is 6. The molecule has 2 unspecified atom stereocenters. The number of hydrogen-bond donors (Lipinski definition) is 1. The Kier molecular flexibility index (Phi) is 6.55. The minimum atomic E-state index is -0.673. The molecule has 0 spiro atoms. The number of rotatable bonds is 12. The van der Waals surface area contributed by atoms with Crippen molar-refractivity contribution in [1.82, 2.24) is 0 Å². The largest absolute Gasteiger partial charge is 0.388 e. The molecule has 186 valence electrons. The van der Waals surface area contributed by atoms with Crippen LogP contribution in [0, 0.1) is 21.7 Å². The smallest absolute Gasteiger partial charge is 0.104 e. The van der Waals surface area contributed by atoms with E-state index in [1.54, 1.807) is 0 Å². The summed E-state index contributed by atoms with van der Waals surface area (Å²) < 4.78 is 35.3. The minimum Gasteiger partial charge on any atom is -0.388 e. The number of aliphatic hydroxyl groups is 1. The molecule has 2 saturated heterocycles. The summed E-state index contributed by atoms with van der Waals surface area (Å²) in [5.41, 5.74) is -0.473. The Balaban J connectivity index is 1.22. The molecular weight excluding hydrogens is 412 g/mol. The maximum Gasteiger partial charge on any atom is 0.104 e. The van der Waals surface area contributed by atoms with E-state index in [4.69, 9.17) is 28.4 Å². The molecule has 0 aromatic rings. The van der Waals surface area contributed by atoms with Gasteiger partial charge in [0.05, 0.1) is 64.1 Å². The van der Waals surface area contributed by atoms with Crippen molar-refractivity contribution in [3.63, 3.8) is 0 Å². The van der Waals surface area contributed by atoms with Crippen LogP contribution in [0.1, 0.15) is 55.4 Å². The van der Waals surface area contributed by atoms with Gasteiger partial charge in [-0.1, -0.05) is 55.4 Å². The average molecular weight is 457 g/mol. The van der Waals surface area contributed by atoms with Crippen molar-refractivity contribution in [3.8, 4) is 0 Å². The quantitative estimate of drug-likeness (QED) is 0.452. The highest BCUT2D eigenvalue weighted by Crippen LogP contribution is 2.58. The molecule has 2 heterocycles. The van der Waals surface area contributed by atoms with Crippen LogP contribution >= 0.6 is 0 Å². The number of aliphatic hydroxyl groups excluding tert-OH is 1. The van der Waals surface area contributed by atoms with Gasteiger partial charge in [0, 0.05) is 21.7 Å². The molecule has 7 heteroatoms. The first-order valence-corrected chi connectivity index (χ1v) is 12.2. The maximum atomic E-state index is 10.6. The fourth-order valence-corrected chi connectivity index (χ4v) is 7.11.